The highest BCUT2D eigenvalue weighted by molar-refractivity contribution is 7.99. The molecule has 0 aliphatic carbocycles. The molecule has 0 aliphatic rings. The highest BCUT2D eigenvalue weighted by Crippen LogP contribution is 2.20. The fourth-order valence-electron chi connectivity index (χ4n) is 2.66. The largest absolute Gasteiger partial charge is 0.383 e. The molecule has 0 saturated carbocycles. The molecule has 0 unspecified atom stereocenters. The predicted octanol–water partition coefficient (Wildman–Crippen LogP) is 3.07. The average Bonchev–Trinajstić information content (AvgIpc) is 3.21. The molecule has 6 nitrogen and oxygen atoms in total. The zero-order chi connectivity index (χ0) is 19.2. The third-order valence-electron chi connectivity index (χ3n) is 4.03. The lowest BCUT2D eigenvalue weighted by atomic mass is 10.2. The number of rotatable bonds is 8. The Balaban J connectivity index is 1.76. The molecule has 1 N–H and O–H groups in total. The number of benzene rings is 1. The molecule has 142 valence electrons. The Bertz CT molecular complexity index is 970. The second-order valence-electron chi connectivity index (χ2n) is 5.95. The van der Waals surface area contributed by atoms with Gasteiger partial charge in [0.25, 0.3) is 5.56 Å². The normalized spacial score (nSPS) is 12.2. The molecule has 27 heavy (non-hydrogen) atoms. The Hall–Kier alpha value is -2.16. The van der Waals surface area contributed by atoms with Gasteiger partial charge in [0, 0.05) is 12.0 Å². The number of thioether (sulfide) groups is 1. The van der Waals surface area contributed by atoms with Crippen molar-refractivity contribution in [1.29, 1.82) is 0 Å². The van der Waals surface area contributed by atoms with E-state index in [1.165, 1.54) is 11.8 Å². The standard InChI is InChI=1S/C19H21N3O3S2/c1-13(16-8-5-11-26-16)20-17(23)12-27-19-21-15-7-4-3-6-14(15)18(24)22(19)9-10-25-2/h3-8,11,13H,9-10,12H2,1-2H3,(H,20,23)/t13-/m0/s1. The van der Waals surface area contributed by atoms with Crippen LogP contribution in [0.25, 0.3) is 10.9 Å². The van der Waals surface area contributed by atoms with E-state index < -0.39 is 0 Å². The minimum absolute atomic E-state index is 0.0432. The van der Waals surface area contributed by atoms with E-state index in [2.05, 4.69) is 10.3 Å². The SMILES string of the molecule is COCCn1c(SCC(=O)N[C@@H](C)c2cccs2)nc2ccccc2c1=O. The number of thiophene rings is 1. The van der Waals surface area contributed by atoms with Crippen LogP contribution in [0.2, 0.25) is 0 Å². The fraction of sp³-hybridized carbons (Fsp3) is 0.316. The van der Waals surface area contributed by atoms with Gasteiger partial charge in [-0.3, -0.25) is 14.2 Å². The number of para-hydroxylation sites is 1. The summed E-state index contributed by atoms with van der Waals surface area (Å²) in [4.78, 5) is 30.8. The van der Waals surface area contributed by atoms with Crippen LogP contribution in [-0.2, 0) is 16.1 Å². The van der Waals surface area contributed by atoms with Gasteiger partial charge in [0.05, 0.1) is 35.8 Å². The Morgan fingerprint density at radius 2 is 2.15 bits per heavy atom. The number of carbonyl (C=O) groups excluding carboxylic acids is 1. The van der Waals surface area contributed by atoms with Gasteiger partial charge in [-0.2, -0.15) is 0 Å². The van der Waals surface area contributed by atoms with Crippen molar-refractivity contribution in [2.24, 2.45) is 0 Å². The van der Waals surface area contributed by atoms with Crippen LogP contribution in [0.5, 0.6) is 0 Å². The van der Waals surface area contributed by atoms with Crippen molar-refractivity contribution in [2.45, 2.75) is 24.7 Å². The Morgan fingerprint density at radius 3 is 2.89 bits per heavy atom. The summed E-state index contributed by atoms with van der Waals surface area (Å²) in [5.74, 6) is 0.0922. The molecule has 1 amide bonds. The second-order valence-corrected chi connectivity index (χ2v) is 7.88. The van der Waals surface area contributed by atoms with Crippen LogP contribution >= 0.6 is 23.1 Å². The molecule has 0 bridgehead atoms. The Morgan fingerprint density at radius 1 is 1.33 bits per heavy atom. The zero-order valence-electron chi connectivity index (χ0n) is 15.2. The van der Waals surface area contributed by atoms with Crippen LogP contribution in [0.4, 0.5) is 0 Å². The molecule has 2 heterocycles. The Kier molecular flexibility index (Phi) is 6.65. The van der Waals surface area contributed by atoms with E-state index in [-0.39, 0.29) is 23.3 Å². The van der Waals surface area contributed by atoms with Gasteiger partial charge in [-0.25, -0.2) is 4.98 Å². The van der Waals surface area contributed by atoms with Crippen LogP contribution in [-0.4, -0.2) is 34.9 Å². The smallest absolute Gasteiger partial charge is 0.262 e. The summed E-state index contributed by atoms with van der Waals surface area (Å²) < 4.78 is 6.69. The third-order valence-corrected chi connectivity index (χ3v) is 6.06. The average molecular weight is 404 g/mol. The maximum absolute atomic E-state index is 12.8. The summed E-state index contributed by atoms with van der Waals surface area (Å²) in [5, 5.41) is 6.05. The minimum atomic E-state index is -0.118. The summed E-state index contributed by atoms with van der Waals surface area (Å²) in [7, 11) is 1.59. The lowest BCUT2D eigenvalue weighted by Crippen LogP contribution is -2.29. The summed E-state index contributed by atoms with van der Waals surface area (Å²) in [6, 6.07) is 11.1. The first kappa shape index (κ1) is 19.6. The highest BCUT2D eigenvalue weighted by atomic mass is 32.2. The van der Waals surface area contributed by atoms with Crippen molar-refractivity contribution >= 4 is 39.9 Å². The van der Waals surface area contributed by atoms with Crippen molar-refractivity contribution in [3.63, 3.8) is 0 Å². The summed E-state index contributed by atoms with van der Waals surface area (Å²) in [5.41, 5.74) is 0.513. The highest BCUT2D eigenvalue weighted by Gasteiger charge is 2.15. The summed E-state index contributed by atoms with van der Waals surface area (Å²) >= 11 is 2.87. The zero-order valence-corrected chi connectivity index (χ0v) is 16.8. The van der Waals surface area contributed by atoms with Gasteiger partial charge in [0.15, 0.2) is 5.16 Å². The number of amides is 1. The van der Waals surface area contributed by atoms with E-state index in [0.29, 0.717) is 29.2 Å². The van der Waals surface area contributed by atoms with Crippen LogP contribution in [0.1, 0.15) is 17.8 Å². The maximum atomic E-state index is 12.8. The molecular formula is C19H21N3O3S2. The van der Waals surface area contributed by atoms with E-state index in [4.69, 9.17) is 4.74 Å². The quantitative estimate of drug-likeness (QED) is 0.462. The number of aromatic nitrogens is 2. The monoisotopic (exact) mass is 403 g/mol. The van der Waals surface area contributed by atoms with E-state index >= 15 is 0 Å². The van der Waals surface area contributed by atoms with Gasteiger partial charge in [-0.15, -0.1) is 11.3 Å². The topological polar surface area (TPSA) is 73.2 Å². The van der Waals surface area contributed by atoms with Crippen molar-refractivity contribution in [3.8, 4) is 0 Å². The molecular weight excluding hydrogens is 382 g/mol. The lowest BCUT2D eigenvalue weighted by Gasteiger charge is -2.14. The number of ether oxygens (including phenoxy) is 1. The van der Waals surface area contributed by atoms with Crippen molar-refractivity contribution in [2.75, 3.05) is 19.5 Å². The first-order valence-corrected chi connectivity index (χ1v) is 10.4. The van der Waals surface area contributed by atoms with Crippen molar-refractivity contribution in [1.82, 2.24) is 14.9 Å². The second kappa shape index (κ2) is 9.16. The number of fused-ring (bicyclic) bond motifs is 1. The van der Waals surface area contributed by atoms with Crippen LogP contribution in [0.15, 0.2) is 51.7 Å². The molecule has 8 heteroatoms. The molecule has 2 aromatic heterocycles. The molecule has 0 saturated heterocycles. The molecule has 0 aliphatic heterocycles. The number of hydrogen-bond donors (Lipinski definition) is 1. The first-order valence-electron chi connectivity index (χ1n) is 8.54. The Labute approximate surface area is 165 Å². The molecule has 0 radical (unpaired) electrons. The van der Waals surface area contributed by atoms with E-state index in [0.717, 1.165) is 4.88 Å². The van der Waals surface area contributed by atoms with Gasteiger partial charge in [-0.1, -0.05) is 30.0 Å². The van der Waals surface area contributed by atoms with Gasteiger partial charge in [0.2, 0.25) is 5.91 Å². The molecule has 0 spiro atoms. The maximum Gasteiger partial charge on any atom is 0.262 e. The van der Waals surface area contributed by atoms with Gasteiger partial charge in [0.1, 0.15) is 0 Å². The third kappa shape index (κ3) is 4.77. The van der Waals surface area contributed by atoms with E-state index in [1.54, 1.807) is 35.1 Å². The van der Waals surface area contributed by atoms with Crippen LogP contribution in [0, 0.1) is 0 Å². The minimum Gasteiger partial charge on any atom is -0.383 e. The molecule has 3 rings (SSSR count). The lowest BCUT2D eigenvalue weighted by molar-refractivity contribution is -0.119. The molecule has 0 fully saturated rings. The predicted molar refractivity (Wildman–Crippen MR) is 109 cm³/mol. The number of nitrogens with one attached hydrogen (secondary N) is 1. The summed E-state index contributed by atoms with van der Waals surface area (Å²) in [6.45, 7) is 2.75. The first-order chi connectivity index (χ1) is 13.1. The molecule has 3 aromatic rings. The van der Waals surface area contributed by atoms with Crippen LogP contribution in [0.3, 0.4) is 0 Å². The van der Waals surface area contributed by atoms with Gasteiger partial charge < -0.3 is 10.1 Å². The molecule has 1 atom stereocenters. The number of hydrogen-bond acceptors (Lipinski definition) is 6. The number of nitrogens with zero attached hydrogens (tertiary/aromatic N) is 2. The number of methoxy groups -OCH3 is 1. The number of carbonyl (C=O) groups is 1. The molecule has 1 aromatic carbocycles. The van der Waals surface area contributed by atoms with Crippen LogP contribution < -0.4 is 10.9 Å². The fourth-order valence-corrected chi connectivity index (χ4v) is 4.23. The van der Waals surface area contributed by atoms with E-state index in [1.807, 2.05) is 36.6 Å². The van der Waals surface area contributed by atoms with E-state index in [9.17, 15) is 9.59 Å². The summed E-state index contributed by atoms with van der Waals surface area (Å²) in [6.07, 6.45) is 0. The van der Waals surface area contributed by atoms with Gasteiger partial charge >= 0.3 is 0 Å². The van der Waals surface area contributed by atoms with Crippen molar-refractivity contribution < 1.29 is 9.53 Å². The van der Waals surface area contributed by atoms with Crippen molar-refractivity contribution in [3.05, 3.63) is 57.0 Å². The van der Waals surface area contributed by atoms with Gasteiger partial charge in [-0.05, 0) is 30.5 Å².